The van der Waals surface area contributed by atoms with Gasteiger partial charge in [0.1, 0.15) is 0 Å². The molecule has 0 saturated carbocycles. The molecule has 0 aliphatic heterocycles. The first-order valence-electron chi connectivity index (χ1n) is 4.84. The topological polar surface area (TPSA) is 89.3 Å². The maximum absolute atomic E-state index is 11.7. The van der Waals surface area contributed by atoms with Crippen molar-refractivity contribution in [1.82, 2.24) is 4.72 Å². The van der Waals surface area contributed by atoms with Crippen LogP contribution in [0.2, 0.25) is 0 Å². The van der Waals surface area contributed by atoms with E-state index in [0.29, 0.717) is 6.42 Å². The Hall–Kier alpha value is -1.40. The Bertz CT molecular complexity index is 456. The van der Waals surface area contributed by atoms with E-state index in [9.17, 15) is 13.2 Å². The van der Waals surface area contributed by atoms with Crippen molar-refractivity contribution in [2.45, 2.75) is 24.3 Å². The lowest BCUT2D eigenvalue weighted by molar-refractivity contribution is -0.120. The Kier molecular flexibility index (Phi) is 4.03. The van der Waals surface area contributed by atoms with Crippen LogP contribution in [0.15, 0.2) is 35.2 Å². The normalized spacial score (nSPS) is 13.1. The predicted octanol–water partition coefficient (Wildman–Crippen LogP) is 0.229. The predicted molar refractivity (Wildman–Crippen MR) is 60.0 cm³/mol. The molecule has 0 aliphatic rings. The molecule has 0 spiro atoms. The molecule has 1 amide bonds. The maximum atomic E-state index is 11.7. The van der Waals surface area contributed by atoms with Gasteiger partial charge in [-0.1, -0.05) is 25.1 Å². The number of carbonyl (C=O) groups is 1. The number of amides is 1. The van der Waals surface area contributed by atoms with Gasteiger partial charge in [-0.05, 0) is 18.6 Å². The fraction of sp³-hybridized carbons (Fsp3) is 0.300. The smallest absolute Gasteiger partial charge is 0.264 e. The molecule has 1 rings (SSSR count). The first-order chi connectivity index (χ1) is 7.47. The molecule has 0 saturated heterocycles. The van der Waals surface area contributed by atoms with Crippen LogP contribution in [0.5, 0.6) is 0 Å². The molecule has 0 unspecified atom stereocenters. The fourth-order valence-electron chi connectivity index (χ4n) is 1.05. The summed E-state index contributed by atoms with van der Waals surface area (Å²) in [6.45, 7) is 1.71. The molecule has 0 fully saturated rings. The molecule has 16 heavy (non-hydrogen) atoms. The molecule has 1 atom stereocenters. The minimum atomic E-state index is -3.79. The molecule has 88 valence electrons. The second-order valence-electron chi connectivity index (χ2n) is 3.30. The van der Waals surface area contributed by atoms with Crippen LogP contribution in [0.1, 0.15) is 13.3 Å². The number of hydrogen-bond acceptors (Lipinski definition) is 4. The number of carbonyl (C=O) groups excluding carboxylic acids is 1. The third-order valence-electron chi connectivity index (χ3n) is 2.07. The number of nitrogens with one attached hydrogen (secondary N) is 1. The van der Waals surface area contributed by atoms with E-state index in [1.807, 2.05) is 4.72 Å². The lowest BCUT2D eigenvalue weighted by Crippen LogP contribution is -2.42. The van der Waals surface area contributed by atoms with Gasteiger partial charge in [-0.2, -0.15) is 0 Å². The van der Waals surface area contributed by atoms with E-state index in [4.69, 9.17) is 5.73 Å². The molecule has 3 N–H and O–H groups in total. The average Bonchev–Trinajstić information content (AvgIpc) is 2.28. The Morgan fingerprint density at radius 3 is 2.44 bits per heavy atom. The monoisotopic (exact) mass is 242 g/mol. The van der Waals surface area contributed by atoms with E-state index in [-0.39, 0.29) is 4.90 Å². The van der Waals surface area contributed by atoms with Crippen molar-refractivity contribution in [2.75, 3.05) is 0 Å². The van der Waals surface area contributed by atoms with Crippen molar-refractivity contribution in [1.29, 1.82) is 0 Å². The molecule has 0 aromatic heterocycles. The van der Waals surface area contributed by atoms with Crippen molar-refractivity contribution >= 4 is 15.9 Å². The zero-order valence-electron chi connectivity index (χ0n) is 8.88. The molecular weight excluding hydrogens is 228 g/mol. The highest BCUT2D eigenvalue weighted by Gasteiger charge is 2.20. The Balaban J connectivity index is 2.86. The summed E-state index contributed by atoms with van der Waals surface area (Å²) in [5.41, 5.74) is 5.43. The van der Waals surface area contributed by atoms with Gasteiger partial charge in [0.05, 0.1) is 10.9 Å². The van der Waals surface area contributed by atoms with Crippen LogP contribution in [-0.2, 0) is 14.8 Å². The van der Waals surface area contributed by atoms with E-state index in [1.165, 1.54) is 12.1 Å². The highest BCUT2D eigenvalue weighted by atomic mass is 32.2. The van der Waals surface area contributed by atoms with Crippen LogP contribution in [0.25, 0.3) is 0 Å². The van der Waals surface area contributed by atoms with Gasteiger partial charge in [0, 0.05) is 0 Å². The van der Waals surface area contributed by atoms with Gasteiger partial charge in [-0.15, -0.1) is 0 Å². The molecular formula is C10H14N2O3S. The van der Waals surface area contributed by atoms with E-state index in [2.05, 4.69) is 0 Å². The summed E-state index contributed by atoms with van der Waals surface area (Å²) in [4.78, 5) is 11.4. The van der Waals surface area contributed by atoms with Gasteiger partial charge in [0.25, 0.3) is 15.9 Å². The summed E-state index contributed by atoms with van der Waals surface area (Å²) in [5, 5.41) is 0. The molecule has 0 radical (unpaired) electrons. The highest BCUT2D eigenvalue weighted by molar-refractivity contribution is 7.90. The number of rotatable bonds is 4. The SMILES string of the molecule is CC[C@@H](N)C(=O)NS(=O)(=O)c1ccccc1. The van der Waals surface area contributed by atoms with Crippen LogP contribution in [0.3, 0.4) is 0 Å². The van der Waals surface area contributed by atoms with Crippen LogP contribution < -0.4 is 10.5 Å². The molecule has 6 heteroatoms. The van der Waals surface area contributed by atoms with Crippen molar-refractivity contribution in [3.05, 3.63) is 30.3 Å². The van der Waals surface area contributed by atoms with Gasteiger partial charge >= 0.3 is 0 Å². The summed E-state index contributed by atoms with van der Waals surface area (Å²) < 4.78 is 25.3. The minimum absolute atomic E-state index is 0.0478. The Morgan fingerprint density at radius 1 is 1.38 bits per heavy atom. The van der Waals surface area contributed by atoms with Crippen molar-refractivity contribution in [3.63, 3.8) is 0 Å². The van der Waals surface area contributed by atoms with Crippen molar-refractivity contribution in [3.8, 4) is 0 Å². The molecule has 1 aromatic carbocycles. The first kappa shape index (κ1) is 12.7. The lowest BCUT2D eigenvalue weighted by atomic mass is 10.2. The number of sulfonamides is 1. The summed E-state index contributed by atoms with van der Waals surface area (Å²) in [6.07, 6.45) is 0.385. The number of hydrogen-bond donors (Lipinski definition) is 2. The molecule has 0 heterocycles. The van der Waals surface area contributed by atoms with Gasteiger partial charge in [-0.3, -0.25) is 4.79 Å². The average molecular weight is 242 g/mol. The van der Waals surface area contributed by atoms with Crippen LogP contribution >= 0.6 is 0 Å². The van der Waals surface area contributed by atoms with Crippen LogP contribution in [0.4, 0.5) is 0 Å². The second-order valence-corrected chi connectivity index (χ2v) is 4.98. The summed E-state index contributed by atoms with van der Waals surface area (Å²) in [6, 6.07) is 6.87. The Labute approximate surface area is 94.7 Å². The standard InChI is InChI=1S/C10H14N2O3S/c1-2-9(11)10(13)12-16(14,15)8-6-4-3-5-7-8/h3-7,9H,2,11H2,1H3,(H,12,13)/t9-/m1/s1. The van der Waals surface area contributed by atoms with Gasteiger partial charge < -0.3 is 5.73 Å². The highest BCUT2D eigenvalue weighted by Crippen LogP contribution is 2.07. The van der Waals surface area contributed by atoms with Crippen molar-refractivity contribution in [2.24, 2.45) is 5.73 Å². The fourth-order valence-corrected chi connectivity index (χ4v) is 2.10. The van der Waals surface area contributed by atoms with E-state index < -0.39 is 22.0 Å². The molecule has 0 aliphatic carbocycles. The summed E-state index contributed by atoms with van der Waals surface area (Å²) in [5.74, 6) is -0.689. The van der Waals surface area contributed by atoms with Gasteiger partial charge in [0.15, 0.2) is 0 Å². The molecule has 1 aromatic rings. The maximum Gasteiger partial charge on any atom is 0.264 e. The largest absolute Gasteiger partial charge is 0.320 e. The van der Waals surface area contributed by atoms with Crippen LogP contribution in [-0.4, -0.2) is 20.4 Å². The Morgan fingerprint density at radius 2 is 1.94 bits per heavy atom. The van der Waals surface area contributed by atoms with E-state index in [0.717, 1.165) is 0 Å². The zero-order valence-corrected chi connectivity index (χ0v) is 9.70. The van der Waals surface area contributed by atoms with Crippen LogP contribution in [0, 0.1) is 0 Å². The zero-order chi connectivity index (χ0) is 12.2. The molecule has 0 bridgehead atoms. The second kappa shape index (κ2) is 5.09. The van der Waals surface area contributed by atoms with E-state index in [1.54, 1.807) is 25.1 Å². The quantitative estimate of drug-likeness (QED) is 0.791. The van der Waals surface area contributed by atoms with E-state index >= 15 is 0 Å². The minimum Gasteiger partial charge on any atom is -0.320 e. The first-order valence-corrected chi connectivity index (χ1v) is 6.33. The third kappa shape index (κ3) is 3.04. The summed E-state index contributed by atoms with van der Waals surface area (Å²) >= 11 is 0. The third-order valence-corrected chi connectivity index (χ3v) is 3.43. The van der Waals surface area contributed by atoms with Gasteiger partial charge in [0.2, 0.25) is 0 Å². The molecule has 5 nitrogen and oxygen atoms in total. The summed E-state index contributed by atoms with van der Waals surface area (Å²) in [7, 11) is -3.79. The lowest BCUT2D eigenvalue weighted by Gasteiger charge is -2.10. The number of nitrogens with two attached hydrogens (primary N) is 1. The van der Waals surface area contributed by atoms with Crippen molar-refractivity contribution < 1.29 is 13.2 Å². The van der Waals surface area contributed by atoms with Gasteiger partial charge in [-0.25, -0.2) is 13.1 Å². The number of benzene rings is 1.